The third kappa shape index (κ3) is 31.3. The summed E-state index contributed by atoms with van der Waals surface area (Å²) in [5, 5.41) is 19.3. The highest BCUT2D eigenvalue weighted by atomic mass is 32.1. The molecule has 0 aromatic rings. The maximum absolute atomic E-state index is 8.29. The molecule has 1 rings (SSSR count). The van der Waals surface area contributed by atoms with Crippen LogP contribution < -0.4 is 11.5 Å². The molecule has 1 heterocycles. The summed E-state index contributed by atoms with van der Waals surface area (Å²) in [7, 11) is 0. The molecule has 9 heteroatoms. The van der Waals surface area contributed by atoms with Crippen LogP contribution in [0.5, 0.6) is 0 Å². The van der Waals surface area contributed by atoms with Gasteiger partial charge < -0.3 is 31.2 Å². The van der Waals surface area contributed by atoms with Gasteiger partial charge in [-0.2, -0.15) is 8.42 Å². The van der Waals surface area contributed by atoms with Gasteiger partial charge in [0.25, 0.3) is 0 Å². The maximum Gasteiger partial charge on any atom is 0.335 e. The highest BCUT2D eigenvalue weighted by Gasteiger charge is 1.92. The lowest BCUT2D eigenvalue weighted by atomic mass is 10.5. The first-order chi connectivity index (χ1) is 7.83. The van der Waals surface area contributed by atoms with Crippen LogP contribution in [0, 0.1) is 0 Å². The minimum Gasteiger partial charge on any atom is -0.394 e. The molecule has 8 nitrogen and oxygen atoms in total. The summed E-state index contributed by atoms with van der Waals surface area (Å²) in [6, 6.07) is 0. The predicted molar refractivity (Wildman–Crippen MR) is 62.6 cm³/mol. The molecule has 0 spiro atoms. The van der Waals surface area contributed by atoms with Gasteiger partial charge >= 0.3 is 11.6 Å². The van der Waals surface area contributed by atoms with Crippen molar-refractivity contribution in [2.45, 2.75) is 0 Å². The van der Waals surface area contributed by atoms with E-state index in [0.717, 1.165) is 26.3 Å². The van der Waals surface area contributed by atoms with Crippen molar-refractivity contribution in [1.82, 2.24) is 11.5 Å². The molecule has 0 saturated carbocycles. The number of hydrogen-bond donors (Lipinski definition) is 4. The number of ether oxygens (including phenoxy) is 2. The van der Waals surface area contributed by atoms with Gasteiger partial charge in [0, 0.05) is 13.1 Å². The van der Waals surface area contributed by atoms with Gasteiger partial charge in [0.2, 0.25) is 0 Å². The molecule has 0 bridgehead atoms. The Kier molecular flexibility index (Phi) is 31.7. The van der Waals surface area contributed by atoms with Crippen molar-refractivity contribution in [1.29, 1.82) is 0 Å². The van der Waals surface area contributed by atoms with Gasteiger partial charge in [0.15, 0.2) is 0 Å². The zero-order valence-electron chi connectivity index (χ0n) is 9.80. The molecule has 0 amide bonds. The topological polar surface area (TPSA) is 140 Å². The minimum atomic E-state index is -0.750. The van der Waals surface area contributed by atoms with Crippen LogP contribution >= 0.6 is 0 Å². The van der Waals surface area contributed by atoms with E-state index in [9.17, 15) is 0 Å². The van der Waals surface area contributed by atoms with Crippen LogP contribution in [0.4, 0.5) is 0 Å². The first-order valence-electron chi connectivity index (χ1n) is 4.83. The molecular formula is C8H22N2O6S. The Bertz CT molecular complexity index is 137. The van der Waals surface area contributed by atoms with Gasteiger partial charge in [-0.3, -0.25) is 0 Å². The second-order valence-electron chi connectivity index (χ2n) is 2.49. The van der Waals surface area contributed by atoms with Gasteiger partial charge in [0.05, 0.1) is 39.6 Å². The second kappa shape index (κ2) is 24.7. The SMILES string of the molecule is C1COCCN1.N.O=S=O.OCCOCCO. The van der Waals surface area contributed by atoms with E-state index in [1.165, 1.54) is 0 Å². The summed E-state index contributed by atoms with van der Waals surface area (Å²) in [6.45, 7) is 4.53. The Labute approximate surface area is 104 Å². The van der Waals surface area contributed by atoms with E-state index in [1.54, 1.807) is 0 Å². The average molecular weight is 274 g/mol. The molecule has 106 valence electrons. The van der Waals surface area contributed by atoms with Crippen molar-refractivity contribution in [3.05, 3.63) is 0 Å². The molecule has 6 N–H and O–H groups in total. The number of rotatable bonds is 4. The van der Waals surface area contributed by atoms with Crippen LogP contribution in [0.15, 0.2) is 0 Å². The van der Waals surface area contributed by atoms with Crippen LogP contribution in [0.3, 0.4) is 0 Å². The number of morpholine rings is 1. The Morgan fingerprint density at radius 2 is 1.53 bits per heavy atom. The zero-order chi connectivity index (χ0) is 12.5. The van der Waals surface area contributed by atoms with Crippen LogP contribution in [-0.4, -0.2) is 71.4 Å². The first-order valence-corrected chi connectivity index (χ1v) is 5.49. The second-order valence-corrected chi connectivity index (χ2v) is 2.63. The van der Waals surface area contributed by atoms with Crippen molar-refractivity contribution >= 4 is 11.6 Å². The molecule has 1 aliphatic heterocycles. The Balaban J connectivity index is -0.000000180. The minimum absolute atomic E-state index is 0. The molecular weight excluding hydrogens is 252 g/mol. The smallest absolute Gasteiger partial charge is 0.335 e. The van der Waals surface area contributed by atoms with Crippen molar-refractivity contribution in [2.75, 3.05) is 52.7 Å². The van der Waals surface area contributed by atoms with E-state index < -0.39 is 11.6 Å². The molecule has 1 fully saturated rings. The molecule has 0 atom stereocenters. The fourth-order valence-electron chi connectivity index (χ4n) is 0.747. The summed E-state index contributed by atoms with van der Waals surface area (Å²) in [5.74, 6) is 0. The summed E-state index contributed by atoms with van der Waals surface area (Å²) >= 11 is -0.750. The van der Waals surface area contributed by atoms with E-state index in [-0.39, 0.29) is 19.4 Å². The number of nitrogens with one attached hydrogen (secondary N) is 1. The highest BCUT2D eigenvalue weighted by molar-refractivity contribution is 7.51. The highest BCUT2D eigenvalue weighted by Crippen LogP contribution is 1.76. The molecule has 0 radical (unpaired) electrons. The molecule has 1 aliphatic rings. The van der Waals surface area contributed by atoms with E-state index >= 15 is 0 Å². The predicted octanol–water partition coefficient (Wildman–Crippen LogP) is -1.91. The lowest BCUT2D eigenvalue weighted by Gasteiger charge is -2.10. The van der Waals surface area contributed by atoms with Crippen LogP contribution in [0.2, 0.25) is 0 Å². The number of aliphatic hydroxyl groups is 2. The molecule has 0 aromatic heterocycles. The summed E-state index contributed by atoms with van der Waals surface area (Å²) in [5.41, 5.74) is 0. The average Bonchev–Trinajstić information content (AvgIpc) is 2.34. The van der Waals surface area contributed by atoms with Crippen LogP contribution in [0.25, 0.3) is 0 Å². The molecule has 0 unspecified atom stereocenters. The zero-order valence-corrected chi connectivity index (χ0v) is 10.6. The van der Waals surface area contributed by atoms with Gasteiger partial charge in [0.1, 0.15) is 0 Å². The summed E-state index contributed by atoms with van der Waals surface area (Å²) < 4.78 is 26.2. The normalized spacial score (nSPS) is 13.1. The van der Waals surface area contributed by atoms with Gasteiger partial charge in [-0.05, 0) is 0 Å². The standard InChI is InChI=1S/C4H9NO.C4H10O3.H3N.O2S/c1-3-6-4-2-5-1;5-1-3-7-4-2-6;;1-3-2/h5H,1-4H2;5-6H,1-4H2;1H3;. The van der Waals surface area contributed by atoms with Crippen molar-refractivity contribution < 1.29 is 28.1 Å². The number of aliphatic hydroxyl groups excluding tert-OH is 2. The lowest BCUT2D eigenvalue weighted by molar-refractivity contribution is 0.0650. The third-order valence-electron chi connectivity index (χ3n) is 1.32. The van der Waals surface area contributed by atoms with E-state index in [4.69, 9.17) is 23.4 Å². The van der Waals surface area contributed by atoms with E-state index in [1.807, 2.05) is 0 Å². The quantitative estimate of drug-likeness (QED) is 0.435. The van der Waals surface area contributed by atoms with Gasteiger partial charge in [-0.15, -0.1) is 0 Å². The van der Waals surface area contributed by atoms with Gasteiger partial charge in [-0.1, -0.05) is 0 Å². The largest absolute Gasteiger partial charge is 0.394 e. The fourth-order valence-corrected chi connectivity index (χ4v) is 0.747. The molecule has 0 aliphatic carbocycles. The van der Waals surface area contributed by atoms with E-state index in [2.05, 4.69) is 10.1 Å². The Morgan fingerprint density at radius 1 is 1.12 bits per heavy atom. The summed E-state index contributed by atoms with van der Waals surface area (Å²) in [4.78, 5) is 0. The van der Waals surface area contributed by atoms with E-state index in [0.29, 0.717) is 13.2 Å². The monoisotopic (exact) mass is 274 g/mol. The van der Waals surface area contributed by atoms with Crippen LogP contribution in [0.1, 0.15) is 0 Å². The molecule has 1 saturated heterocycles. The molecule has 17 heavy (non-hydrogen) atoms. The number of hydrogen-bond acceptors (Lipinski definition) is 8. The Hall–Kier alpha value is -0.420. The Morgan fingerprint density at radius 3 is 1.71 bits per heavy atom. The van der Waals surface area contributed by atoms with Gasteiger partial charge in [-0.25, -0.2) is 0 Å². The lowest BCUT2D eigenvalue weighted by Crippen LogP contribution is -2.30. The summed E-state index contributed by atoms with van der Waals surface area (Å²) in [6.07, 6.45) is 0. The third-order valence-corrected chi connectivity index (χ3v) is 1.32. The maximum atomic E-state index is 8.29. The fraction of sp³-hybridized carbons (Fsp3) is 1.00. The van der Waals surface area contributed by atoms with Crippen molar-refractivity contribution in [3.8, 4) is 0 Å². The van der Waals surface area contributed by atoms with Crippen molar-refractivity contribution in [2.24, 2.45) is 0 Å². The van der Waals surface area contributed by atoms with Crippen molar-refractivity contribution in [3.63, 3.8) is 0 Å². The van der Waals surface area contributed by atoms with Crippen LogP contribution in [-0.2, 0) is 21.0 Å². The first kappa shape index (κ1) is 21.8. The molecule has 0 aromatic carbocycles.